The molecule has 3 nitrogen and oxygen atoms in total. The Morgan fingerprint density at radius 1 is 1.69 bits per heavy atom. The zero-order valence-electron chi connectivity index (χ0n) is 8.15. The lowest BCUT2D eigenvalue weighted by Crippen LogP contribution is -2.00. The molecule has 0 aromatic carbocycles. The second kappa shape index (κ2) is 4.69. The van der Waals surface area contributed by atoms with Crippen LogP contribution in [0.25, 0.3) is 0 Å². The third-order valence-corrected chi connectivity index (χ3v) is 2.85. The third kappa shape index (κ3) is 2.49. The summed E-state index contributed by atoms with van der Waals surface area (Å²) in [5, 5.41) is 12.1. The van der Waals surface area contributed by atoms with Crippen LogP contribution in [0.3, 0.4) is 0 Å². The Hall–Kier alpha value is -0.450. The molecule has 1 N–H and O–H groups in total. The van der Waals surface area contributed by atoms with E-state index in [1.807, 2.05) is 5.38 Å². The molecule has 0 bridgehead atoms. The Labute approximate surface area is 82.4 Å². The molecule has 13 heavy (non-hydrogen) atoms. The van der Waals surface area contributed by atoms with Gasteiger partial charge in [0.1, 0.15) is 11.1 Å². The summed E-state index contributed by atoms with van der Waals surface area (Å²) in [6.45, 7) is 3.77. The van der Waals surface area contributed by atoms with E-state index < -0.39 is 6.10 Å². The first-order valence-electron chi connectivity index (χ1n) is 4.35. The zero-order chi connectivity index (χ0) is 9.84. The van der Waals surface area contributed by atoms with Crippen molar-refractivity contribution >= 4 is 11.3 Å². The maximum Gasteiger partial charge on any atom is 0.122 e. The number of aliphatic hydroxyl groups excluding tert-OH is 1. The lowest BCUT2D eigenvalue weighted by Gasteiger charge is -2.08. The number of ether oxygens (including phenoxy) is 1. The fourth-order valence-corrected chi connectivity index (χ4v) is 2.15. The van der Waals surface area contributed by atoms with E-state index in [1.165, 1.54) is 11.3 Å². The van der Waals surface area contributed by atoms with E-state index in [0.717, 1.165) is 17.1 Å². The monoisotopic (exact) mass is 201 g/mol. The Morgan fingerprint density at radius 2 is 2.38 bits per heavy atom. The number of rotatable bonds is 4. The van der Waals surface area contributed by atoms with Crippen LogP contribution in [0, 0.1) is 0 Å². The molecule has 74 valence electrons. The van der Waals surface area contributed by atoms with Gasteiger partial charge in [0.2, 0.25) is 0 Å². The predicted molar refractivity (Wildman–Crippen MR) is 52.8 cm³/mol. The van der Waals surface area contributed by atoms with Gasteiger partial charge in [-0.2, -0.15) is 0 Å². The van der Waals surface area contributed by atoms with Crippen molar-refractivity contribution < 1.29 is 9.84 Å². The minimum absolute atomic E-state index is 0.0671. The van der Waals surface area contributed by atoms with E-state index in [-0.39, 0.29) is 6.10 Å². The van der Waals surface area contributed by atoms with Gasteiger partial charge in [-0.15, -0.1) is 11.3 Å². The molecule has 0 aliphatic rings. The van der Waals surface area contributed by atoms with Crippen LogP contribution in [-0.4, -0.2) is 17.2 Å². The third-order valence-electron chi connectivity index (χ3n) is 1.90. The Balaban J connectivity index is 2.78. The van der Waals surface area contributed by atoms with E-state index in [1.54, 1.807) is 14.0 Å². The normalized spacial score (nSPS) is 15.7. The molecule has 0 saturated heterocycles. The summed E-state index contributed by atoms with van der Waals surface area (Å²) in [7, 11) is 1.68. The molecular weight excluding hydrogens is 186 g/mol. The van der Waals surface area contributed by atoms with Gasteiger partial charge < -0.3 is 9.84 Å². The summed E-state index contributed by atoms with van der Waals surface area (Å²) < 4.78 is 5.24. The SMILES string of the molecule is CCC(OC)c1nc(C(C)O)cs1. The molecule has 0 spiro atoms. The van der Waals surface area contributed by atoms with Crippen LogP contribution in [0.2, 0.25) is 0 Å². The minimum atomic E-state index is -0.487. The highest BCUT2D eigenvalue weighted by atomic mass is 32.1. The second-order valence-corrected chi connectivity index (χ2v) is 3.81. The minimum Gasteiger partial charge on any atom is -0.387 e. The molecule has 0 saturated carbocycles. The highest BCUT2D eigenvalue weighted by Gasteiger charge is 2.14. The number of hydrogen-bond donors (Lipinski definition) is 1. The van der Waals surface area contributed by atoms with Crippen LogP contribution in [-0.2, 0) is 4.74 Å². The van der Waals surface area contributed by atoms with Crippen molar-refractivity contribution in [2.24, 2.45) is 0 Å². The summed E-state index contributed by atoms with van der Waals surface area (Å²) in [6, 6.07) is 0. The van der Waals surface area contributed by atoms with Crippen molar-refractivity contribution in [2.75, 3.05) is 7.11 Å². The molecule has 0 amide bonds. The van der Waals surface area contributed by atoms with Crippen LogP contribution in [0.5, 0.6) is 0 Å². The summed E-state index contributed by atoms with van der Waals surface area (Å²) in [5.41, 5.74) is 0.732. The van der Waals surface area contributed by atoms with Crippen molar-refractivity contribution in [1.82, 2.24) is 4.98 Å². The average molecular weight is 201 g/mol. The maximum absolute atomic E-state index is 9.27. The zero-order valence-corrected chi connectivity index (χ0v) is 8.97. The van der Waals surface area contributed by atoms with E-state index >= 15 is 0 Å². The maximum atomic E-state index is 9.27. The number of hydrogen-bond acceptors (Lipinski definition) is 4. The smallest absolute Gasteiger partial charge is 0.122 e. The van der Waals surface area contributed by atoms with Gasteiger partial charge in [-0.3, -0.25) is 0 Å². The first kappa shape index (κ1) is 10.6. The Morgan fingerprint density at radius 3 is 2.77 bits per heavy atom. The van der Waals surface area contributed by atoms with Gasteiger partial charge >= 0.3 is 0 Å². The topological polar surface area (TPSA) is 42.4 Å². The largest absolute Gasteiger partial charge is 0.387 e. The van der Waals surface area contributed by atoms with Gasteiger partial charge in [-0.05, 0) is 13.3 Å². The molecule has 1 rings (SSSR count). The summed E-state index contributed by atoms with van der Waals surface area (Å²) in [5.74, 6) is 0. The fourth-order valence-electron chi connectivity index (χ4n) is 1.08. The first-order chi connectivity index (χ1) is 6.19. The van der Waals surface area contributed by atoms with Gasteiger partial charge in [-0.25, -0.2) is 4.98 Å². The highest BCUT2D eigenvalue weighted by Crippen LogP contribution is 2.25. The second-order valence-electron chi connectivity index (χ2n) is 2.92. The molecule has 0 radical (unpaired) electrons. The van der Waals surface area contributed by atoms with Crippen molar-refractivity contribution in [3.63, 3.8) is 0 Å². The van der Waals surface area contributed by atoms with Crippen LogP contribution in [0.4, 0.5) is 0 Å². The van der Waals surface area contributed by atoms with Crippen molar-refractivity contribution in [1.29, 1.82) is 0 Å². The van der Waals surface area contributed by atoms with Gasteiger partial charge in [-0.1, -0.05) is 6.92 Å². The lowest BCUT2D eigenvalue weighted by atomic mass is 10.3. The molecule has 1 heterocycles. The molecule has 1 aromatic heterocycles. The van der Waals surface area contributed by atoms with Crippen LogP contribution in [0.1, 0.15) is 43.2 Å². The summed E-state index contributed by atoms with van der Waals surface area (Å²) in [6.07, 6.45) is 0.486. The standard InChI is InChI=1S/C9H15NO2S/c1-4-8(12-3)9-10-7(5-13-9)6(2)11/h5-6,8,11H,4H2,1-3H3. The van der Waals surface area contributed by atoms with E-state index in [9.17, 15) is 5.11 Å². The molecule has 0 fully saturated rings. The quantitative estimate of drug-likeness (QED) is 0.812. The highest BCUT2D eigenvalue weighted by molar-refractivity contribution is 7.09. The van der Waals surface area contributed by atoms with Crippen LogP contribution < -0.4 is 0 Å². The number of methoxy groups -OCH3 is 1. The molecule has 0 aliphatic heterocycles. The van der Waals surface area contributed by atoms with Gasteiger partial charge in [0.05, 0.1) is 11.8 Å². The fraction of sp³-hybridized carbons (Fsp3) is 0.667. The molecule has 2 atom stereocenters. The first-order valence-corrected chi connectivity index (χ1v) is 5.23. The number of thiazole rings is 1. The molecule has 1 aromatic rings. The van der Waals surface area contributed by atoms with Gasteiger partial charge in [0, 0.05) is 12.5 Å². The van der Waals surface area contributed by atoms with Crippen molar-refractivity contribution in [3.8, 4) is 0 Å². The summed E-state index contributed by atoms with van der Waals surface area (Å²) >= 11 is 1.54. The van der Waals surface area contributed by atoms with Crippen molar-refractivity contribution in [3.05, 3.63) is 16.1 Å². The van der Waals surface area contributed by atoms with Gasteiger partial charge in [0.25, 0.3) is 0 Å². The molecule has 4 heteroatoms. The van der Waals surface area contributed by atoms with Crippen LogP contribution >= 0.6 is 11.3 Å². The lowest BCUT2D eigenvalue weighted by molar-refractivity contribution is 0.0991. The number of aromatic nitrogens is 1. The van der Waals surface area contributed by atoms with Gasteiger partial charge in [0.15, 0.2) is 0 Å². The average Bonchev–Trinajstić information content (AvgIpc) is 2.56. The number of aliphatic hydroxyl groups is 1. The molecule has 0 aliphatic carbocycles. The van der Waals surface area contributed by atoms with E-state index in [0.29, 0.717) is 0 Å². The Bertz CT molecular complexity index is 256. The Kier molecular flexibility index (Phi) is 3.84. The number of nitrogens with zero attached hydrogens (tertiary/aromatic N) is 1. The van der Waals surface area contributed by atoms with Crippen LogP contribution in [0.15, 0.2) is 5.38 Å². The molecule has 2 unspecified atom stereocenters. The van der Waals surface area contributed by atoms with Crippen molar-refractivity contribution in [2.45, 2.75) is 32.5 Å². The molecular formula is C9H15NO2S. The van der Waals surface area contributed by atoms with E-state index in [2.05, 4.69) is 11.9 Å². The van der Waals surface area contributed by atoms with E-state index in [4.69, 9.17) is 4.74 Å². The summed E-state index contributed by atoms with van der Waals surface area (Å²) in [4.78, 5) is 4.30. The predicted octanol–water partition coefficient (Wildman–Crippen LogP) is 2.29.